The zero-order valence-electron chi connectivity index (χ0n) is 10.5. The number of hydrazine groups is 1. The van der Waals surface area contributed by atoms with E-state index in [2.05, 4.69) is 37.1 Å². The number of halogens is 1. The molecule has 1 aliphatic carbocycles. The van der Waals surface area contributed by atoms with Crippen LogP contribution in [0.1, 0.15) is 29.6 Å². The van der Waals surface area contributed by atoms with E-state index in [4.69, 9.17) is 0 Å². The van der Waals surface area contributed by atoms with E-state index < -0.39 is 0 Å². The lowest BCUT2D eigenvalue weighted by Crippen LogP contribution is -2.47. The smallest absolute Gasteiger partial charge is 0.254 e. The number of rotatable bonds is 2. The highest BCUT2D eigenvalue weighted by Crippen LogP contribution is 2.32. The number of fused-ring (bicyclic) bond motifs is 1. The van der Waals surface area contributed by atoms with Gasteiger partial charge in [-0.05, 0) is 31.4 Å². The molecule has 0 radical (unpaired) electrons. The molecule has 102 valence electrons. The summed E-state index contributed by atoms with van der Waals surface area (Å²) in [6.45, 7) is 0. The van der Waals surface area contributed by atoms with Crippen molar-refractivity contribution in [3.05, 3.63) is 30.1 Å². The van der Waals surface area contributed by atoms with Gasteiger partial charge in [0.05, 0.1) is 11.7 Å². The molecule has 1 aromatic rings. The Bertz CT molecular complexity index is 455. The minimum absolute atomic E-state index is 0.00212. The Morgan fingerprint density at radius 2 is 2.32 bits per heavy atom. The second-order valence-corrected chi connectivity index (χ2v) is 6.46. The molecule has 1 aliphatic heterocycles. The number of alkyl halides is 1. The second kappa shape index (κ2) is 5.56. The van der Waals surface area contributed by atoms with E-state index in [0.717, 1.165) is 19.3 Å². The van der Waals surface area contributed by atoms with Gasteiger partial charge in [0.1, 0.15) is 0 Å². The molecule has 1 saturated heterocycles. The minimum Gasteiger partial charge on any atom is -0.335 e. The number of hydrogen-bond donors (Lipinski definition) is 3. The first-order chi connectivity index (χ1) is 9.24. The molecule has 3 N–H and O–H groups in total. The zero-order valence-corrected chi connectivity index (χ0v) is 12.1. The molecule has 4 unspecified atom stereocenters. The SMILES string of the molecule is O=C(NC1NNC2CC(Br)CCC21)c1cccnc1. The second-order valence-electron chi connectivity index (χ2n) is 5.16. The molecule has 1 amide bonds. The monoisotopic (exact) mass is 324 g/mol. The Morgan fingerprint density at radius 1 is 1.42 bits per heavy atom. The summed E-state index contributed by atoms with van der Waals surface area (Å²) in [5.74, 6) is 0.378. The van der Waals surface area contributed by atoms with Crippen molar-refractivity contribution in [2.24, 2.45) is 5.92 Å². The molecular formula is C13H17BrN4O. The van der Waals surface area contributed by atoms with Crippen molar-refractivity contribution < 1.29 is 4.79 Å². The van der Waals surface area contributed by atoms with Crippen LogP contribution in [0.4, 0.5) is 0 Å². The van der Waals surface area contributed by atoms with Crippen LogP contribution in [0.5, 0.6) is 0 Å². The van der Waals surface area contributed by atoms with E-state index in [0.29, 0.717) is 22.4 Å². The Kier molecular flexibility index (Phi) is 3.81. The summed E-state index contributed by atoms with van der Waals surface area (Å²) in [4.78, 5) is 16.7. The lowest BCUT2D eigenvalue weighted by Gasteiger charge is -2.30. The number of pyridine rings is 1. The summed E-state index contributed by atoms with van der Waals surface area (Å²) in [6, 6.07) is 3.98. The van der Waals surface area contributed by atoms with Crippen molar-refractivity contribution in [3.63, 3.8) is 0 Å². The molecule has 5 nitrogen and oxygen atoms in total. The maximum absolute atomic E-state index is 12.1. The maximum Gasteiger partial charge on any atom is 0.254 e. The van der Waals surface area contributed by atoms with Gasteiger partial charge in [-0.15, -0.1) is 0 Å². The van der Waals surface area contributed by atoms with Gasteiger partial charge in [0.15, 0.2) is 0 Å². The molecule has 1 aromatic heterocycles. The van der Waals surface area contributed by atoms with Gasteiger partial charge in [-0.1, -0.05) is 15.9 Å². The summed E-state index contributed by atoms with van der Waals surface area (Å²) in [7, 11) is 0. The van der Waals surface area contributed by atoms with Crippen LogP contribution in [-0.4, -0.2) is 27.9 Å². The summed E-state index contributed by atoms with van der Waals surface area (Å²) in [6.07, 6.45) is 6.61. The molecule has 0 aromatic carbocycles. The first-order valence-electron chi connectivity index (χ1n) is 6.60. The molecule has 2 fully saturated rings. The molecule has 0 bridgehead atoms. The van der Waals surface area contributed by atoms with Gasteiger partial charge in [0.25, 0.3) is 5.91 Å². The zero-order chi connectivity index (χ0) is 13.2. The van der Waals surface area contributed by atoms with Gasteiger partial charge >= 0.3 is 0 Å². The van der Waals surface area contributed by atoms with Crippen molar-refractivity contribution >= 4 is 21.8 Å². The van der Waals surface area contributed by atoms with Crippen LogP contribution in [0.25, 0.3) is 0 Å². The lowest BCUT2D eigenvalue weighted by atomic mass is 9.84. The number of nitrogens with zero attached hydrogens (tertiary/aromatic N) is 1. The van der Waals surface area contributed by atoms with Crippen LogP contribution >= 0.6 is 15.9 Å². The molecule has 19 heavy (non-hydrogen) atoms. The third kappa shape index (κ3) is 2.80. The lowest BCUT2D eigenvalue weighted by molar-refractivity contribution is 0.0916. The van der Waals surface area contributed by atoms with E-state index in [1.54, 1.807) is 24.5 Å². The topological polar surface area (TPSA) is 66.1 Å². The number of carbonyl (C=O) groups excluding carboxylic acids is 1. The fourth-order valence-electron chi connectivity index (χ4n) is 2.88. The fraction of sp³-hybridized carbons (Fsp3) is 0.538. The van der Waals surface area contributed by atoms with Crippen LogP contribution in [-0.2, 0) is 0 Å². The maximum atomic E-state index is 12.1. The largest absolute Gasteiger partial charge is 0.335 e. The summed E-state index contributed by atoms with van der Waals surface area (Å²) in [5.41, 5.74) is 7.08. The van der Waals surface area contributed by atoms with Crippen molar-refractivity contribution in [3.8, 4) is 0 Å². The Hall–Kier alpha value is -0.980. The normalized spacial score (nSPS) is 33.7. The van der Waals surface area contributed by atoms with Crippen LogP contribution in [0.3, 0.4) is 0 Å². The first-order valence-corrected chi connectivity index (χ1v) is 7.51. The molecule has 3 rings (SSSR count). The van der Waals surface area contributed by atoms with Crippen LogP contribution < -0.4 is 16.2 Å². The predicted octanol–water partition coefficient (Wildman–Crippen LogP) is 1.18. The predicted molar refractivity (Wildman–Crippen MR) is 75.6 cm³/mol. The number of aromatic nitrogens is 1. The van der Waals surface area contributed by atoms with Gasteiger partial charge in [0.2, 0.25) is 0 Å². The highest BCUT2D eigenvalue weighted by atomic mass is 79.9. The Balaban J connectivity index is 1.63. The highest BCUT2D eigenvalue weighted by Gasteiger charge is 2.40. The summed E-state index contributed by atoms with van der Waals surface area (Å²) in [5, 5.41) is 3.04. The summed E-state index contributed by atoms with van der Waals surface area (Å²) >= 11 is 3.67. The molecule has 6 heteroatoms. The van der Waals surface area contributed by atoms with Gasteiger partial charge in [0, 0.05) is 29.2 Å². The molecular weight excluding hydrogens is 308 g/mol. The van der Waals surface area contributed by atoms with Crippen LogP contribution in [0.2, 0.25) is 0 Å². The van der Waals surface area contributed by atoms with Gasteiger partial charge in [-0.25, -0.2) is 5.43 Å². The van der Waals surface area contributed by atoms with Crippen molar-refractivity contribution in [1.29, 1.82) is 0 Å². The number of carbonyl (C=O) groups is 1. The van der Waals surface area contributed by atoms with E-state index in [1.807, 2.05) is 0 Å². The number of amides is 1. The molecule has 4 atom stereocenters. The third-order valence-corrected chi connectivity index (χ3v) is 4.73. The number of hydrogen-bond acceptors (Lipinski definition) is 4. The average Bonchev–Trinajstić information content (AvgIpc) is 2.82. The molecule has 1 saturated carbocycles. The molecule has 2 aliphatic rings. The van der Waals surface area contributed by atoms with Crippen LogP contribution in [0, 0.1) is 5.92 Å². The van der Waals surface area contributed by atoms with Gasteiger partial charge in [-0.2, -0.15) is 0 Å². The van der Waals surface area contributed by atoms with Crippen molar-refractivity contribution in [2.75, 3.05) is 0 Å². The third-order valence-electron chi connectivity index (χ3n) is 3.90. The molecule has 0 spiro atoms. The fourth-order valence-corrected chi connectivity index (χ4v) is 3.54. The standard InChI is InChI=1S/C13H17BrN4O/c14-9-3-4-10-11(6-9)17-18-12(10)16-13(19)8-2-1-5-15-7-8/h1-2,5,7,9-12,17-18H,3-4,6H2,(H,16,19). The van der Waals surface area contributed by atoms with E-state index in [-0.39, 0.29) is 12.1 Å². The van der Waals surface area contributed by atoms with Gasteiger partial charge in [-0.3, -0.25) is 15.2 Å². The van der Waals surface area contributed by atoms with E-state index in [1.165, 1.54) is 0 Å². The average molecular weight is 325 g/mol. The quantitative estimate of drug-likeness (QED) is 0.715. The molecule has 2 heterocycles. The Morgan fingerprint density at radius 3 is 3.11 bits per heavy atom. The van der Waals surface area contributed by atoms with Gasteiger partial charge < -0.3 is 5.32 Å². The first kappa shape index (κ1) is 13.0. The van der Waals surface area contributed by atoms with Crippen molar-refractivity contribution in [2.45, 2.75) is 36.3 Å². The summed E-state index contributed by atoms with van der Waals surface area (Å²) < 4.78 is 0. The van der Waals surface area contributed by atoms with E-state index in [9.17, 15) is 4.79 Å². The Labute approximate surface area is 120 Å². The highest BCUT2D eigenvalue weighted by molar-refractivity contribution is 9.09. The minimum atomic E-state index is -0.0750. The number of nitrogens with one attached hydrogen (secondary N) is 3. The van der Waals surface area contributed by atoms with E-state index >= 15 is 0 Å². The van der Waals surface area contributed by atoms with Crippen LogP contribution in [0.15, 0.2) is 24.5 Å². The van der Waals surface area contributed by atoms with Crippen molar-refractivity contribution in [1.82, 2.24) is 21.2 Å².